The number of rotatable bonds is 4. The molecule has 0 bridgehead atoms. The van der Waals surface area contributed by atoms with Crippen LogP contribution in [-0.4, -0.2) is 18.0 Å². The number of carbonyl (C=O) groups excluding carboxylic acids is 2. The quantitative estimate of drug-likeness (QED) is 0.669. The van der Waals surface area contributed by atoms with Gasteiger partial charge in [0, 0.05) is 5.56 Å². The van der Waals surface area contributed by atoms with Crippen LogP contribution in [-0.2, 0) is 9.53 Å². The third-order valence-corrected chi connectivity index (χ3v) is 3.71. The predicted molar refractivity (Wildman–Crippen MR) is 82.7 cm³/mol. The highest BCUT2D eigenvalue weighted by Gasteiger charge is 2.25. The lowest BCUT2D eigenvalue weighted by molar-refractivity contribution is -0.123. The Kier molecular flexibility index (Phi) is 5.20. The standard InChI is InChI=1S/C17H16F3NO4/c1-7-8(2)24-9(3)13(7)17(23)25-10(4)16(22)21-12-6-5-11(18)14(19)15(12)20/h5-6,10H,1-4H3,(H,21,22)/t10-/m0/s1. The number of esters is 1. The lowest BCUT2D eigenvalue weighted by atomic mass is 10.1. The molecule has 134 valence electrons. The molecule has 0 aliphatic rings. The minimum absolute atomic E-state index is 0.205. The van der Waals surface area contributed by atoms with E-state index in [9.17, 15) is 22.8 Å². The van der Waals surface area contributed by atoms with Crippen LogP contribution < -0.4 is 5.32 Å². The summed E-state index contributed by atoms with van der Waals surface area (Å²) in [5, 5.41) is 2.05. The first-order valence-corrected chi connectivity index (χ1v) is 7.35. The molecular formula is C17H16F3NO4. The average molecular weight is 355 g/mol. The molecule has 1 atom stereocenters. The molecule has 0 spiro atoms. The normalized spacial score (nSPS) is 12.0. The summed E-state index contributed by atoms with van der Waals surface area (Å²) in [4.78, 5) is 24.2. The Labute approximate surface area is 141 Å². The van der Waals surface area contributed by atoms with E-state index in [2.05, 4.69) is 0 Å². The Morgan fingerprint density at radius 1 is 1.08 bits per heavy atom. The molecule has 25 heavy (non-hydrogen) atoms. The zero-order valence-electron chi connectivity index (χ0n) is 14.0. The van der Waals surface area contributed by atoms with Gasteiger partial charge in [-0.1, -0.05) is 0 Å². The van der Waals surface area contributed by atoms with Crippen molar-refractivity contribution in [2.75, 3.05) is 5.32 Å². The van der Waals surface area contributed by atoms with E-state index in [1.54, 1.807) is 20.8 Å². The monoisotopic (exact) mass is 355 g/mol. The zero-order valence-corrected chi connectivity index (χ0v) is 14.0. The van der Waals surface area contributed by atoms with E-state index in [0.717, 1.165) is 6.07 Å². The van der Waals surface area contributed by atoms with Crippen LogP contribution in [0, 0.1) is 38.2 Å². The molecule has 8 heteroatoms. The van der Waals surface area contributed by atoms with Gasteiger partial charge in [-0.15, -0.1) is 0 Å². The van der Waals surface area contributed by atoms with Crippen LogP contribution in [0.3, 0.4) is 0 Å². The molecule has 5 nitrogen and oxygen atoms in total. The van der Waals surface area contributed by atoms with E-state index >= 15 is 0 Å². The third kappa shape index (κ3) is 3.67. The number of carbonyl (C=O) groups is 2. The van der Waals surface area contributed by atoms with Crippen LogP contribution in [0.25, 0.3) is 0 Å². The molecule has 0 saturated heterocycles. The minimum Gasteiger partial charge on any atom is -0.465 e. The molecule has 1 N–H and O–H groups in total. The average Bonchev–Trinajstić information content (AvgIpc) is 2.80. The number of ether oxygens (including phenoxy) is 1. The Bertz CT molecular complexity index is 845. The van der Waals surface area contributed by atoms with Crippen molar-refractivity contribution in [2.45, 2.75) is 33.8 Å². The molecule has 0 saturated carbocycles. The molecule has 1 aromatic carbocycles. The topological polar surface area (TPSA) is 68.5 Å². The lowest BCUT2D eigenvalue weighted by Crippen LogP contribution is -2.30. The first-order chi connectivity index (χ1) is 11.6. The van der Waals surface area contributed by atoms with Crippen LogP contribution in [0.4, 0.5) is 18.9 Å². The van der Waals surface area contributed by atoms with E-state index < -0.39 is 41.1 Å². The number of anilines is 1. The Morgan fingerprint density at radius 3 is 2.28 bits per heavy atom. The Balaban J connectivity index is 2.10. The summed E-state index contributed by atoms with van der Waals surface area (Å²) < 4.78 is 50.0. The summed E-state index contributed by atoms with van der Waals surface area (Å²) in [6.07, 6.45) is -1.30. The SMILES string of the molecule is Cc1oc(C)c(C(=O)O[C@@H](C)C(=O)Nc2ccc(F)c(F)c2F)c1C. The fourth-order valence-electron chi connectivity index (χ4n) is 2.22. The highest BCUT2D eigenvalue weighted by atomic mass is 19.2. The van der Waals surface area contributed by atoms with Crippen molar-refractivity contribution < 1.29 is 31.9 Å². The predicted octanol–water partition coefficient (Wildman–Crippen LogP) is 3.81. The van der Waals surface area contributed by atoms with Gasteiger partial charge in [0.25, 0.3) is 5.91 Å². The van der Waals surface area contributed by atoms with Gasteiger partial charge >= 0.3 is 5.97 Å². The third-order valence-electron chi connectivity index (χ3n) is 3.71. The van der Waals surface area contributed by atoms with Crippen LogP contribution in [0.2, 0.25) is 0 Å². The van der Waals surface area contributed by atoms with E-state index in [1.807, 2.05) is 5.32 Å². The number of benzene rings is 1. The van der Waals surface area contributed by atoms with Gasteiger partial charge in [-0.25, -0.2) is 18.0 Å². The van der Waals surface area contributed by atoms with Crippen molar-refractivity contribution in [3.05, 3.63) is 52.2 Å². The molecular weight excluding hydrogens is 339 g/mol. The summed E-state index contributed by atoms with van der Waals surface area (Å²) in [6.45, 7) is 6.20. The van der Waals surface area contributed by atoms with Crippen molar-refractivity contribution in [3.63, 3.8) is 0 Å². The number of aryl methyl sites for hydroxylation is 2. The van der Waals surface area contributed by atoms with Crippen molar-refractivity contribution in [1.29, 1.82) is 0 Å². The number of hydrogen-bond acceptors (Lipinski definition) is 4. The number of furan rings is 1. The van der Waals surface area contributed by atoms with Crippen LogP contribution in [0.15, 0.2) is 16.5 Å². The first-order valence-electron chi connectivity index (χ1n) is 7.35. The molecule has 0 unspecified atom stereocenters. The van der Waals surface area contributed by atoms with Gasteiger partial charge in [0.05, 0.1) is 5.69 Å². The number of halogens is 3. The van der Waals surface area contributed by atoms with Crippen LogP contribution in [0.1, 0.15) is 34.4 Å². The fourth-order valence-corrected chi connectivity index (χ4v) is 2.22. The zero-order chi connectivity index (χ0) is 18.9. The summed E-state index contributed by atoms with van der Waals surface area (Å²) >= 11 is 0. The molecule has 1 aromatic heterocycles. The highest BCUT2D eigenvalue weighted by molar-refractivity contribution is 5.98. The van der Waals surface area contributed by atoms with Crippen molar-refractivity contribution in [3.8, 4) is 0 Å². The number of amides is 1. The van der Waals surface area contributed by atoms with Gasteiger partial charge in [-0.05, 0) is 39.8 Å². The maximum Gasteiger partial charge on any atom is 0.342 e. The van der Waals surface area contributed by atoms with Crippen LogP contribution in [0.5, 0.6) is 0 Å². The minimum atomic E-state index is -1.71. The summed E-state index contributed by atoms with van der Waals surface area (Å²) in [5.41, 5.74) is 0.233. The van der Waals surface area contributed by atoms with Gasteiger partial charge < -0.3 is 14.5 Å². The number of nitrogens with one attached hydrogen (secondary N) is 1. The second-order valence-electron chi connectivity index (χ2n) is 5.47. The summed E-state index contributed by atoms with van der Waals surface area (Å²) in [7, 11) is 0. The van der Waals surface area contributed by atoms with Gasteiger partial charge in [0.1, 0.15) is 17.1 Å². The van der Waals surface area contributed by atoms with E-state index in [4.69, 9.17) is 9.15 Å². The first kappa shape index (κ1) is 18.6. The fraction of sp³-hybridized carbons (Fsp3) is 0.294. The van der Waals surface area contributed by atoms with E-state index in [-0.39, 0.29) is 5.56 Å². The van der Waals surface area contributed by atoms with Gasteiger partial charge in [0.15, 0.2) is 23.6 Å². The number of hydrogen-bond donors (Lipinski definition) is 1. The molecule has 1 heterocycles. The summed E-state index contributed by atoms with van der Waals surface area (Å²) in [6, 6.07) is 1.54. The highest BCUT2D eigenvalue weighted by Crippen LogP contribution is 2.23. The van der Waals surface area contributed by atoms with Crippen molar-refractivity contribution in [1.82, 2.24) is 0 Å². The van der Waals surface area contributed by atoms with E-state index in [1.165, 1.54) is 6.92 Å². The van der Waals surface area contributed by atoms with E-state index in [0.29, 0.717) is 23.2 Å². The maximum absolute atomic E-state index is 13.6. The van der Waals surface area contributed by atoms with Crippen molar-refractivity contribution in [2.24, 2.45) is 0 Å². The molecule has 1 amide bonds. The Morgan fingerprint density at radius 2 is 1.72 bits per heavy atom. The van der Waals surface area contributed by atoms with Crippen LogP contribution >= 0.6 is 0 Å². The molecule has 0 fully saturated rings. The van der Waals surface area contributed by atoms with Gasteiger partial charge in [0.2, 0.25) is 0 Å². The molecule has 0 aliphatic heterocycles. The molecule has 2 rings (SSSR count). The Hall–Kier alpha value is -2.77. The smallest absolute Gasteiger partial charge is 0.342 e. The van der Waals surface area contributed by atoms with Gasteiger partial charge in [-0.3, -0.25) is 4.79 Å². The second-order valence-corrected chi connectivity index (χ2v) is 5.47. The summed E-state index contributed by atoms with van der Waals surface area (Å²) in [5.74, 6) is -5.40. The van der Waals surface area contributed by atoms with Gasteiger partial charge in [-0.2, -0.15) is 0 Å². The second kappa shape index (κ2) is 7.00. The maximum atomic E-state index is 13.6. The van der Waals surface area contributed by atoms with Crippen molar-refractivity contribution >= 4 is 17.6 Å². The molecule has 0 radical (unpaired) electrons. The molecule has 0 aliphatic carbocycles. The lowest BCUT2D eigenvalue weighted by Gasteiger charge is -2.14. The largest absolute Gasteiger partial charge is 0.465 e. The molecule has 2 aromatic rings.